The van der Waals surface area contributed by atoms with E-state index < -0.39 is 23.7 Å². The third-order valence-electron chi connectivity index (χ3n) is 2.29. The summed E-state index contributed by atoms with van der Waals surface area (Å²) in [7, 11) is 0. The molecule has 1 aliphatic rings. The quantitative estimate of drug-likeness (QED) is 0.516. The molecule has 0 bridgehead atoms. The second-order valence-electron chi connectivity index (χ2n) is 3.37. The van der Waals surface area contributed by atoms with Crippen LogP contribution in [-0.2, 0) is 4.79 Å². The molecule has 1 fully saturated rings. The molecule has 1 nitrogen and oxygen atoms in total. The molecule has 0 aliphatic heterocycles. The first-order chi connectivity index (χ1) is 6.13. The van der Waals surface area contributed by atoms with Crippen molar-refractivity contribution < 1.29 is 31.1 Å². The molecule has 0 N–H and O–H groups in total. The molecule has 1 aliphatic carbocycles. The Morgan fingerprint density at radius 3 is 1.43 bits per heavy atom. The molecule has 0 aromatic heterocycles. The third kappa shape index (κ3) is 1.85. The van der Waals surface area contributed by atoms with Gasteiger partial charge in [-0.15, -0.1) is 0 Å². The number of rotatable bonds is 2. The number of alkyl halides is 6. The average molecular weight is 220 g/mol. The molecule has 0 aromatic rings. The molecule has 0 unspecified atom stereocenters. The van der Waals surface area contributed by atoms with E-state index in [0.29, 0.717) is 0 Å². The average Bonchev–Trinajstić information content (AvgIpc) is 2.62. The predicted molar refractivity (Wildman–Crippen MR) is 33.3 cm³/mol. The van der Waals surface area contributed by atoms with Gasteiger partial charge in [-0.1, -0.05) is 0 Å². The molecule has 0 saturated heterocycles. The van der Waals surface area contributed by atoms with Crippen LogP contribution in [0.3, 0.4) is 0 Å². The summed E-state index contributed by atoms with van der Waals surface area (Å²) in [6.07, 6.45) is -11.7. The summed E-state index contributed by atoms with van der Waals surface area (Å²) in [6.45, 7) is 0. The summed E-state index contributed by atoms with van der Waals surface area (Å²) in [5.74, 6) is -3.51. The molecule has 0 radical (unpaired) electrons. The fourth-order valence-corrected chi connectivity index (χ4v) is 1.46. The molecule has 1 rings (SSSR count). The topological polar surface area (TPSA) is 17.1 Å². The first-order valence-electron chi connectivity index (χ1n) is 3.73. The van der Waals surface area contributed by atoms with E-state index >= 15 is 0 Å². The summed E-state index contributed by atoms with van der Waals surface area (Å²) in [6, 6.07) is 0. The van der Waals surface area contributed by atoms with E-state index in [-0.39, 0.29) is 19.1 Å². The summed E-state index contributed by atoms with van der Waals surface area (Å²) in [5, 5.41) is 0. The third-order valence-corrected chi connectivity index (χ3v) is 2.29. The maximum absolute atomic E-state index is 12.1. The first kappa shape index (κ1) is 11.3. The van der Waals surface area contributed by atoms with Crippen molar-refractivity contribution in [2.45, 2.75) is 25.2 Å². The SMILES string of the molecule is O=CC1(C(C(F)(F)F)C(F)(F)F)CC1. The van der Waals surface area contributed by atoms with E-state index in [1.807, 2.05) is 0 Å². The highest BCUT2D eigenvalue weighted by atomic mass is 19.4. The molecule has 1 saturated carbocycles. The van der Waals surface area contributed by atoms with Crippen LogP contribution in [0.2, 0.25) is 0 Å². The maximum atomic E-state index is 12.1. The van der Waals surface area contributed by atoms with Crippen LogP contribution in [0.25, 0.3) is 0 Å². The first-order valence-corrected chi connectivity index (χ1v) is 3.73. The zero-order valence-corrected chi connectivity index (χ0v) is 6.74. The maximum Gasteiger partial charge on any atom is 0.401 e. The van der Waals surface area contributed by atoms with Gasteiger partial charge >= 0.3 is 12.4 Å². The number of carbonyl (C=O) groups excluding carboxylic acids is 1. The van der Waals surface area contributed by atoms with Gasteiger partial charge in [0.25, 0.3) is 0 Å². The van der Waals surface area contributed by atoms with Crippen LogP contribution in [0.1, 0.15) is 12.8 Å². The Balaban J connectivity index is 3.01. The van der Waals surface area contributed by atoms with Crippen molar-refractivity contribution in [2.75, 3.05) is 0 Å². The molecule has 7 heteroatoms. The molecule has 82 valence electrons. The summed E-state index contributed by atoms with van der Waals surface area (Å²) in [5.41, 5.74) is -2.25. The van der Waals surface area contributed by atoms with Crippen LogP contribution in [0, 0.1) is 11.3 Å². The summed E-state index contributed by atoms with van der Waals surface area (Å²) >= 11 is 0. The van der Waals surface area contributed by atoms with Crippen molar-refractivity contribution in [1.82, 2.24) is 0 Å². The molecule has 0 heterocycles. The van der Waals surface area contributed by atoms with Crippen LogP contribution in [0.15, 0.2) is 0 Å². The van der Waals surface area contributed by atoms with Crippen molar-refractivity contribution in [3.8, 4) is 0 Å². The minimum atomic E-state index is -5.41. The number of halogens is 6. The number of hydrogen-bond donors (Lipinski definition) is 0. The van der Waals surface area contributed by atoms with E-state index in [1.165, 1.54) is 0 Å². The highest BCUT2D eigenvalue weighted by molar-refractivity contribution is 5.64. The molecular weight excluding hydrogens is 214 g/mol. The van der Waals surface area contributed by atoms with Gasteiger partial charge in [-0.2, -0.15) is 26.3 Å². The highest BCUT2D eigenvalue weighted by Crippen LogP contribution is 2.60. The fourth-order valence-electron chi connectivity index (χ4n) is 1.46. The Labute approximate surface area is 75.1 Å². The minimum Gasteiger partial charge on any atom is -0.303 e. The van der Waals surface area contributed by atoms with Crippen LogP contribution in [0.5, 0.6) is 0 Å². The van der Waals surface area contributed by atoms with Crippen molar-refractivity contribution >= 4 is 6.29 Å². The van der Waals surface area contributed by atoms with Gasteiger partial charge in [0.2, 0.25) is 0 Å². The monoisotopic (exact) mass is 220 g/mol. The lowest BCUT2D eigenvalue weighted by Gasteiger charge is -2.27. The number of hydrogen-bond acceptors (Lipinski definition) is 1. The Hall–Kier alpha value is -0.750. The van der Waals surface area contributed by atoms with Crippen LogP contribution in [-0.4, -0.2) is 18.6 Å². The Bertz CT molecular complexity index is 222. The molecule has 0 aromatic carbocycles. The number of aldehydes is 1. The van der Waals surface area contributed by atoms with Gasteiger partial charge in [-0.25, -0.2) is 0 Å². The largest absolute Gasteiger partial charge is 0.401 e. The van der Waals surface area contributed by atoms with Gasteiger partial charge in [0.05, 0.1) is 0 Å². The molecule has 0 atom stereocenters. The van der Waals surface area contributed by atoms with Crippen LogP contribution < -0.4 is 0 Å². The fraction of sp³-hybridized carbons (Fsp3) is 0.857. The van der Waals surface area contributed by atoms with E-state index in [1.54, 1.807) is 0 Å². The smallest absolute Gasteiger partial charge is 0.303 e. The molecular formula is C7H6F6O. The van der Waals surface area contributed by atoms with Crippen LogP contribution >= 0.6 is 0 Å². The lowest BCUT2D eigenvalue weighted by molar-refractivity contribution is -0.298. The van der Waals surface area contributed by atoms with Gasteiger partial charge < -0.3 is 4.79 Å². The van der Waals surface area contributed by atoms with Gasteiger partial charge in [0.1, 0.15) is 6.29 Å². The molecule has 0 spiro atoms. The zero-order valence-electron chi connectivity index (χ0n) is 6.74. The summed E-state index contributed by atoms with van der Waals surface area (Å²) < 4.78 is 72.4. The lowest BCUT2D eigenvalue weighted by Crippen LogP contribution is -2.43. The molecule has 0 amide bonds. The minimum absolute atomic E-state index is 0.224. The van der Waals surface area contributed by atoms with E-state index in [0.717, 1.165) is 0 Å². The second-order valence-corrected chi connectivity index (χ2v) is 3.37. The normalized spacial score (nSPS) is 21.1. The summed E-state index contributed by atoms with van der Waals surface area (Å²) in [4.78, 5) is 10.2. The predicted octanol–water partition coefficient (Wildman–Crippen LogP) is 2.71. The van der Waals surface area contributed by atoms with E-state index in [4.69, 9.17) is 0 Å². The second kappa shape index (κ2) is 2.87. The van der Waals surface area contributed by atoms with Crippen molar-refractivity contribution in [2.24, 2.45) is 11.3 Å². The van der Waals surface area contributed by atoms with Gasteiger partial charge in [0.15, 0.2) is 5.92 Å². The van der Waals surface area contributed by atoms with Crippen LogP contribution in [0.4, 0.5) is 26.3 Å². The molecule has 14 heavy (non-hydrogen) atoms. The van der Waals surface area contributed by atoms with Gasteiger partial charge in [-0.05, 0) is 12.8 Å². The van der Waals surface area contributed by atoms with Crippen molar-refractivity contribution in [3.63, 3.8) is 0 Å². The Morgan fingerprint density at radius 1 is 1.00 bits per heavy atom. The van der Waals surface area contributed by atoms with Gasteiger partial charge in [-0.3, -0.25) is 0 Å². The Morgan fingerprint density at radius 2 is 1.36 bits per heavy atom. The number of carbonyl (C=O) groups is 1. The van der Waals surface area contributed by atoms with E-state index in [9.17, 15) is 31.1 Å². The standard InChI is InChI=1S/C7H6F6O/c8-6(9,10)4(7(11,12)13)5(3-14)1-2-5/h3-4H,1-2H2. The lowest BCUT2D eigenvalue weighted by atomic mass is 9.89. The van der Waals surface area contributed by atoms with Crippen molar-refractivity contribution in [1.29, 1.82) is 0 Å². The van der Waals surface area contributed by atoms with E-state index in [2.05, 4.69) is 0 Å². The highest BCUT2D eigenvalue weighted by Gasteiger charge is 2.70. The zero-order chi connectivity index (χ0) is 11.2. The Kier molecular flexibility index (Phi) is 2.32. The van der Waals surface area contributed by atoms with Gasteiger partial charge in [0, 0.05) is 5.41 Å². The van der Waals surface area contributed by atoms with Crippen molar-refractivity contribution in [3.05, 3.63) is 0 Å².